The molecule has 0 aliphatic rings. The second-order valence-corrected chi connectivity index (χ2v) is 6.74. The van der Waals surface area contributed by atoms with Crippen molar-refractivity contribution >= 4 is 0 Å². The topological polar surface area (TPSA) is 9.23 Å². The molecule has 1 atom stereocenters. The van der Waals surface area contributed by atoms with E-state index in [1.165, 1.54) is 36.0 Å². The summed E-state index contributed by atoms with van der Waals surface area (Å²) in [6.45, 7) is 11.8. The SMILES string of the molecule is CC(C)c1ccccc1-c1ccccc1.CCCCC(CC)OCC. The van der Waals surface area contributed by atoms with Gasteiger partial charge in [0.15, 0.2) is 0 Å². The van der Waals surface area contributed by atoms with Gasteiger partial charge in [-0.1, -0.05) is 95.1 Å². The second kappa shape index (κ2) is 12.7. The predicted octanol–water partition coefficient (Wildman–Crippen LogP) is 7.47. The average molecular weight is 341 g/mol. The van der Waals surface area contributed by atoms with Gasteiger partial charge in [-0.2, -0.15) is 0 Å². The predicted molar refractivity (Wildman–Crippen MR) is 111 cm³/mol. The monoisotopic (exact) mass is 340 g/mol. The van der Waals surface area contributed by atoms with Crippen LogP contribution in [0.4, 0.5) is 0 Å². The molecule has 2 rings (SSSR count). The Morgan fingerprint density at radius 3 is 2.04 bits per heavy atom. The van der Waals surface area contributed by atoms with E-state index in [4.69, 9.17) is 4.74 Å². The summed E-state index contributed by atoms with van der Waals surface area (Å²) in [7, 11) is 0. The lowest BCUT2D eigenvalue weighted by Gasteiger charge is -2.13. The maximum atomic E-state index is 5.49. The van der Waals surface area contributed by atoms with Gasteiger partial charge in [0.1, 0.15) is 0 Å². The average Bonchev–Trinajstić information content (AvgIpc) is 2.66. The van der Waals surface area contributed by atoms with Gasteiger partial charge in [0.2, 0.25) is 0 Å². The number of rotatable bonds is 8. The second-order valence-electron chi connectivity index (χ2n) is 6.74. The Bertz CT molecular complexity index is 559. The molecule has 0 aromatic heterocycles. The van der Waals surface area contributed by atoms with Crippen LogP contribution < -0.4 is 0 Å². The van der Waals surface area contributed by atoms with Gasteiger partial charge in [0.25, 0.3) is 0 Å². The largest absolute Gasteiger partial charge is 0.379 e. The summed E-state index contributed by atoms with van der Waals surface area (Å²) in [6.07, 6.45) is 5.50. The van der Waals surface area contributed by atoms with Crippen molar-refractivity contribution in [2.24, 2.45) is 0 Å². The zero-order valence-corrected chi connectivity index (χ0v) is 16.8. The molecular weight excluding hydrogens is 304 g/mol. The van der Waals surface area contributed by atoms with Crippen LogP contribution in [0.15, 0.2) is 54.6 Å². The van der Waals surface area contributed by atoms with Crippen molar-refractivity contribution in [3.05, 3.63) is 60.2 Å². The molecule has 0 heterocycles. The molecule has 2 aromatic carbocycles. The summed E-state index contributed by atoms with van der Waals surface area (Å²) >= 11 is 0. The Labute approximate surface area is 155 Å². The highest BCUT2D eigenvalue weighted by atomic mass is 16.5. The zero-order chi connectivity index (χ0) is 18.5. The third kappa shape index (κ3) is 7.88. The van der Waals surface area contributed by atoms with E-state index in [1.54, 1.807) is 0 Å². The van der Waals surface area contributed by atoms with Gasteiger partial charge >= 0.3 is 0 Å². The van der Waals surface area contributed by atoms with Gasteiger partial charge in [-0.15, -0.1) is 0 Å². The molecule has 0 aliphatic carbocycles. The van der Waals surface area contributed by atoms with E-state index in [0.29, 0.717) is 12.0 Å². The minimum absolute atomic E-state index is 0.518. The van der Waals surface area contributed by atoms with E-state index < -0.39 is 0 Å². The van der Waals surface area contributed by atoms with E-state index in [-0.39, 0.29) is 0 Å². The van der Waals surface area contributed by atoms with Crippen molar-refractivity contribution in [3.63, 3.8) is 0 Å². The van der Waals surface area contributed by atoms with Crippen molar-refractivity contribution in [1.29, 1.82) is 0 Å². The lowest BCUT2D eigenvalue weighted by Crippen LogP contribution is -2.10. The lowest BCUT2D eigenvalue weighted by atomic mass is 9.93. The fourth-order valence-corrected chi connectivity index (χ4v) is 2.95. The van der Waals surface area contributed by atoms with E-state index in [9.17, 15) is 0 Å². The fourth-order valence-electron chi connectivity index (χ4n) is 2.95. The first-order valence-corrected chi connectivity index (χ1v) is 9.89. The molecule has 0 saturated heterocycles. The van der Waals surface area contributed by atoms with Crippen molar-refractivity contribution in [2.45, 2.75) is 72.3 Å². The summed E-state index contributed by atoms with van der Waals surface area (Å²) in [4.78, 5) is 0. The van der Waals surface area contributed by atoms with E-state index >= 15 is 0 Å². The molecule has 0 N–H and O–H groups in total. The Morgan fingerprint density at radius 1 is 0.840 bits per heavy atom. The Balaban J connectivity index is 0.000000275. The molecule has 25 heavy (non-hydrogen) atoms. The quantitative estimate of drug-likeness (QED) is 0.484. The third-order valence-electron chi connectivity index (χ3n) is 4.40. The summed E-state index contributed by atoms with van der Waals surface area (Å²) in [6, 6.07) is 19.2. The van der Waals surface area contributed by atoms with E-state index in [2.05, 4.69) is 89.2 Å². The van der Waals surface area contributed by atoms with Gasteiger partial charge in [0, 0.05) is 6.61 Å². The van der Waals surface area contributed by atoms with Crippen LogP contribution in [0.25, 0.3) is 11.1 Å². The fraction of sp³-hybridized carbons (Fsp3) is 0.500. The molecule has 0 fully saturated rings. The maximum absolute atomic E-state index is 5.49. The van der Waals surface area contributed by atoms with Crippen molar-refractivity contribution < 1.29 is 4.74 Å². The molecule has 0 aliphatic heterocycles. The molecule has 0 bridgehead atoms. The van der Waals surface area contributed by atoms with Crippen LogP contribution in [0.2, 0.25) is 0 Å². The molecule has 0 radical (unpaired) electrons. The van der Waals surface area contributed by atoms with Crippen LogP contribution in [-0.2, 0) is 4.74 Å². The first kappa shape index (κ1) is 21.4. The smallest absolute Gasteiger partial charge is 0.0572 e. The molecule has 0 amide bonds. The molecule has 0 spiro atoms. The van der Waals surface area contributed by atoms with Crippen LogP contribution in [0.5, 0.6) is 0 Å². The van der Waals surface area contributed by atoms with Gasteiger partial charge in [-0.25, -0.2) is 0 Å². The molecule has 1 unspecified atom stereocenters. The summed E-state index contributed by atoms with van der Waals surface area (Å²) in [5.74, 6) is 0.571. The molecule has 138 valence electrons. The molecule has 2 aromatic rings. The van der Waals surface area contributed by atoms with Crippen LogP contribution in [-0.4, -0.2) is 12.7 Å². The highest BCUT2D eigenvalue weighted by Gasteiger charge is 2.06. The lowest BCUT2D eigenvalue weighted by molar-refractivity contribution is 0.0527. The molecule has 1 heteroatoms. The van der Waals surface area contributed by atoms with Crippen molar-refractivity contribution in [1.82, 2.24) is 0 Å². The number of benzene rings is 2. The first-order chi connectivity index (χ1) is 12.1. The number of hydrogen-bond donors (Lipinski definition) is 0. The third-order valence-corrected chi connectivity index (χ3v) is 4.40. The van der Waals surface area contributed by atoms with Crippen LogP contribution >= 0.6 is 0 Å². The van der Waals surface area contributed by atoms with Gasteiger partial charge in [-0.3, -0.25) is 0 Å². The maximum Gasteiger partial charge on any atom is 0.0572 e. The van der Waals surface area contributed by atoms with Crippen LogP contribution in [0.3, 0.4) is 0 Å². The standard InChI is InChI=1S/C15H16.C9H20O/c1-12(2)14-10-6-7-11-15(14)13-8-4-3-5-9-13;1-4-7-8-9(5-2)10-6-3/h3-12H,1-2H3;9H,4-8H2,1-3H3. The Morgan fingerprint density at radius 2 is 1.48 bits per heavy atom. The first-order valence-electron chi connectivity index (χ1n) is 9.89. The van der Waals surface area contributed by atoms with Crippen molar-refractivity contribution in [2.75, 3.05) is 6.61 Å². The minimum atomic E-state index is 0.518. The normalized spacial score (nSPS) is 11.8. The number of hydrogen-bond acceptors (Lipinski definition) is 1. The van der Waals surface area contributed by atoms with Gasteiger partial charge in [0.05, 0.1) is 6.10 Å². The molecule has 1 nitrogen and oxygen atoms in total. The Kier molecular flexibility index (Phi) is 10.9. The van der Waals surface area contributed by atoms with Gasteiger partial charge < -0.3 is 4.74 Å². The Hall–Kier alpha value is -1.60. The highest BCUT2D eigenvalue weighted by molar-refractivity contribution is 5.67. The summed E-state index contributed by atoms with van der Waals surface area (Å²) in [5, 5.41) is 0. The minimum Gasteiger partial charge on any atom is -0.379 e. The summed E-state index contributed by atoms with van der Waals surface area (Å²) < 4.78 is 5.49. The number of ether oxygens (including phenoxy) is 1. The number of unbranched alkanes of at least 4 members (excludes halogenated alkanes) is 1. The molecule has 0 saturated carbocycles. The summed E-state index contributed by atoms with van der Waals surface area (Å²) in [5.41, 5.74) is 4.08. The van der Waals surface area contributed by atoms with E-state index in [1.807, 2.05) is 0 Å². The highest BCUT2D eigenvalue weighted by Crippen LogP contribution is 2.28. The van der Waals surface area contributed by atoms with Crippen molar-refractivity contribution in [3.8, 4) is 11.1 Å². The van der Waals surface area contributed by atoms with Gasteiger partial charge in [-0.05, 0) is 42.4 Å². The van der Waals surface area contributed by atoms with E-state index in [0.717, 1.165) is 13.0 Å². The van der Waals surface area contributed by atoms with Crippen LogP contribution in [0, 0.1) is 0 Å². The zero-order valence-electron chi connectivity index (χ0n) is 16.8. The van der Waals surface area contributed by atoms with Crippen LogP contribution in [0.1, 0.15) is 71.8 Å². The molecular formula is C24H36O.